The summed E-state index contributed by atoms with van der Waals surface area (Å²) in [5, 5.41) is 17.1. The first-order valence-corrected chi connectivity index (χ1v) is 10.2. The van der Waals surface area contributed by atoms with E-state index < -0.39 is 35.9 Å². The number of halogens is 3. The Labute approximate surface area is 186 Å². The van der Waals surface area contributed by atoms with Crippen LogP contribution in [0.25, 0.3) is 0 Å². The second-order valence-electron chi connectivity index (χ2n) is 8.05. The molecule has 4 rings (SSSR count). The van der Waals surface area contributed by atoms with Gasteiger partial charge in [0, 0.05) is 18.7 Å². The molecule has 0 unspecified atom stereocenters. The number of phenols is 1. The summed E-state index contributed by atoms with van der Waals surface area (Å²) in [7, 11) is 0. The van der Waals surface area contributed by atoms with Gasteiger partial charge in [-0.25, -0.2) is 4.79 Å². The van der Waals surface area contributed by atoms with Crippen molar-refractivity contribution >= 4 is 23.5 Å². The van der Waals surface area contributed by atoms with Crippen LogP contribution >= 0.6 is 0 Å². The molecule has 174 valence electrons. The molecule has 11 heteroatoms. The number of nitrogens with zero attached hydrogens (tertiary/aromatic N) is 1. The number of hydrogen-bond donors (Lipinski definition) is 4. The first-order chi connectivity index (χ1) is 15.6. The van der Waals surface area contributed by atoms with Crippen LogP contribution < -0.4 is 16.0 Å². The smallest absolute Gasteiger partial charge is 0.416 e. The van der Waals surface area contributed by atoms with E-state index in [0.717, 1.165) is 17.7 Å². The maximum atomic E-state index is 12.9. The van der Waals surface area contributed by atoms with Crippen molar-refractivity contribution in [2.75, 3.05) is 11.9 Å². The zero-order valence-electron chi connectivity index (χ0n) is 17.2. The largest absolute Gasteiger partial charge is 0.508 e. The summed E-state index contributed by atoms with van der Waals surface area (Å²) in [5.74, 6) is -0.522. The molecule has 2 fully saturated rings. The van der Waals surface area contributed by atoms with Gasteiger partial charge in [0.2, 0.25) is 11.8 Å². The topological polar surface area (TPSA) is 111 Å². The second-order valence-corrected chi connectivity index (χ2v) is 8.05. The Morgan fingerprint density at radius 2 is 1.88 bits per heavy atom. The van der Waals surface area contributed by atoms with Crippen LogP contribution in [-0.4, -0.2) is 52.5 Å². The van der Waals surface area contributed by atoms with Crippen LogP contribution in [0.2, 0.25) is 0 Å². The van der Waals surface area contributed by atoms with Crippen molar-refractivity contribution in [1.29, 1.82) is 0 Å². The molecule has 2 aliphatic heterocycles. The van der Waals surface area contributed by atoms with E-state index in [0.29, 0.717) is 0 Å². The number of hydrogen-bond acceptors (Lipinski definition) is 4. The molecule has 0 aromatic heterocycles. The summed E-state index contributed by atoms with van der Waals surface area (Å²) < 4.78 is 38.5. The summed E-state index contributed by atoms with van der Waals surface area (Å²) in [6, 6.07) is 7.78. The molecule has 8 nitrogen and oxygen atoms in total. The second kappa shape index (κ2) is 8.64. The van der Waals surface area contributed by atoms with Crippen molar-refractivity contribution in [2.45, 2.75) is 37.1 Å². The minimum atomic E-state index is -4.53. The molecule has 33 heavy (non-hydrogen) atoms. The highest BCUT2D eigenvalue weighted by Crippen LogP contribution is 2.30. The fraction of sp³-hybridized carbons (Fsp3) is 0.318. The number of anilines is 1. The Morgan fingerprint density at radius 1 is 1.15 bits per heavy atom. The minimum Gasteiger partial charge on any atom is -0.508 e. The number of benzene rings is 2. The van der Waals surface area contributed by atoms with Gasteiger partial charge in [0.25, 0.3) is 0 Å². The number of fused-ring (bicyclic) bond motifs is 1. The van der Waals surface area contributed by atoms with Crippen LogP contribution in [0.5, 0.6) is 5.75 Å². The van der Waals surface area contributed by atoms with Gasteiger partial charge in [0.1, 0.15) is 17.8 Å². The lowest BCUT2D eigenvalue weighted by molar-refractivity contribution is -0.147. The van der Waals surface area contributed by atoms with Gasteiger partial charge in [-0.3, -0.25) is 9.59 Å². The number of aromatic hydroxyl groups is 1. The molecule has 3 atom stereocenters. The third kappa shape index (κ3) is 5.02. The predicted octanol–water partition coefficient (Wildman–Crippen LogP) is 2.24. The molecule has 0 spiro atoms. The molecule has 0 saturated carbocycles. The summed E-state index contributed by atoms with van der Waals surface area (Å²) in [6.07, 6.45) is -4.09. The van der Waals surface area contributed by atoms with Gasteiger partial charge in [0.05, 0.1) is 11.6 Å². The van der Waals surface area contributed by atoms with E-state index in [9.17, 15) is 32.7 Å². The molecule has 2 saturated heterocycles. The molecular weight excluding hydrogens is 441 g/mol. The summed E-state index contributed by atoms with van der Waals surface area (Å²) in [4.78, 5) is 39.2. The molecule has 0 bridgehead atoms. The fourth-order valence-corrected chi connectivity index (χ4v) is 4.09. The monoisotopic (exact) mass is 462 g/mol. The predicted molar refractivity (Wildman–Crippen MR) is 111 cm³/mol. The van der Waals surface area contributed by atoms with E-state index in [4.69, 9.17) is 0 Å². The number of urea groups is 1. The minimum absolute atomic E-state index is 0.0270. The molecule has 4 N–H and O–H groups in total. The van der Waals surface area contributed by atoms with E-state index in [-0.39, 0.29) is 42.6 Å². The van der Waals surface area contributed by atoms with E-state index in [2.05, 4.69) is 16.0 Å². The summed E-state index contributed by atoms with van der Waals surface area (Å²) >= 11 is 0. The Balaban J connectivity index is 1.37. The number of nitrogens with one attached hydrogen (secondary N) is 3. The van der Waals surface area contributed by atoms with Crippen LogP contribution in [0.1, 0.15) is 17.5 Å². The van der Waals surface area contributed by atoms with Crippen molar-refractivity contribution in [2.24, 2.45) is 0 Å². The molecule has 0 aliphatic carbocycles. The third-order valence-corrected chi connectivity index (χ3v) is 5.66. The summed E-state index contributed by atoms with van der Waals surface area (Å²) in [6.45, 7) is 0.110. The van der Waals surface area contributed by atoms with E-state index in [1.807, 2.05) is 0 Å². The number of phenolic OH excluding ortho intramolecular Hbond substituents is 1. The maximum Gasteiger partial charge on any atom is 0.416 e. The molecule has 2 heterocycles. The van der Waals surface area contributed by atoms with E-state index in [1.165, 1.54) is 29.2 Å². The van der Waals surface area contributed by atoms with Crippen LogP contribution in [0, 0.1) is 0 Å². The highest BCUT2D eigenvalue weighted by atomic mass is 19.4. The van der Waals surface area contributed by atoms with Gasteiger partial charge in [0.15, 0.2) is 0 Å². The molecular formula is C22H21F3N4O4. The van der Waals surface area contributed by atoms with Crippen LogP contribution in [0.3, 0.4) is 0 Å². The van der Waals surface area contributed by atoms with Gasteiger partial charge in [-0.1, -0.05) is 18.2 Å². The molecule has 2 aliphatic rings. The van der Waals surface area contributed by atoms with Gasteiger partial charge in [-0.2, -0.15) is 13.2 Å². The third-order valence-electron chi connectivity index (χ3n) is 5.66. The first-order valence-electron chi connectivity index (χ1n) is 10.2. The van der Waals surface area contributed by atoms with Crippen molar-refractivity contribution < 1.29 is 32.7 Å². The first kappa shape index (κ1) is 22.4. The molecule has 2 aromatic rings. The van der Waals surface area contributed by atoms with Crippen molar-refractivity contribution in [3.05, 3.63) is 59.7 Å². The molecule has 4 amide bonds. The Morgan fingerprint density at radius 3 is 2.58 bits per heavy atom. The number of carbonyl (C=O) groups is 3. The highest BCUT2D eigenvalue weighted by molar-refractivity contribution is 5.98. The average molecular weight is 462 g/mol. The van der Waals surface area contributed by atoms with Gasteiger partial charge < -0.3 is 26.0 Å². The highest BCUT2D eigenvalue weighted by Gasteiger charge is 2.46. The lowest BCUT2D eigenvalue weighted by Crippen LogP contribution is -2.61. The van der Waals surface area contributed by atoms with Crippen molar-refractivity contribution in [3.63, 3.8) is 0 Å². The zero-order valence-corrected chi connectivity index (χ0v) is 17.2. The van der Waals surface area contributed by atoms with E-state index in [1.54, 1.807) is 12.1 Å². The maximum absolute atomic E-state index is 12.9. The Bertz CT molecular complexity index is 1070. The zero-order chi connectivity index (χ0) is 23.8. The Kier molecular flexibility index (Phi) is 5.88. The van der Waals surface area contributed by atoms with Crippen LogP contribution in [0.15, 0.2) is 48.5 Å². The van der Waals surface area contributed by atoms with Crippen molar-refractivity contribution in [1.82, 2.24) is 15.5 Å². The molecule has 2 aromatic carbocycles. The fourth-order valence-electron chi connectivity index (χ4n) is 4.09. The Hall–Kier alpha value is -3.76. The number of alkyl halides is 3. The number of amides is 4. The van der Waals surface area contributed by atoms with E-state index >= 15 is 0 Å². The molecule has 0 radical (unpaired) electrons. The lowest BCUT2D eigenvalue weighted by Gasteiger charge is -2.34. The van der Waals surface area contributed by atoms with Crippen molar-refractivity contribution in [3.8, 4) is 5.75 Å². The number of rotatable bonds is 4. The van der Waals surface area contributed by atoms with Crippen LogP contribution in [-0.2, 0) is 22.2 Å². The summed E-state index contributed by atoms with van der Waals surface area (Å²) in [5.41, 5.74) is -0.153. The van der Waals surface area contributed by atoms with Crippen LogP contribution in [0.4, 0.5) is 23.7 Å². The quantitative estimate of drug-likeness (QED) is 0.559. The normalized spacial score (nSPS) is 22.5. The van der Waals surface area contributed by atoms with Gasteiger partial charge in [-0.05, 0) is 42.3 Å². The average Bonchev–Trinajstić information content (AvgIpc) is 3.17. The van der Waals surface area contributed by atoms with Gasteiger partial charge in [-0.15, -0.1) is 0 Å². The van der Waals surface area contributed by atoms with Gasteiger partial charge >= 0.3 is 12.2 Å². The number of piperazine rings is 1. The number of carbonyl (C=O) groups excluding carboxylic acids is 3. The standard InChI is InChI=1S/C22H21F3N4O4/c23-22(24,25)13-2-1-3-14(9-13)26-21(33)27-15-10-18-19(31)28-17(20(32)29(18)11-15)8-12-4-6-16(30)7-5-12/h1-7,9,15,17-18,30H,8,10-11H2,(H,28,31)(H2,26,27,33)/t15-,17-,18-/m0/s1. The SMILES string of the molecule is O=C(Nc1cccc(C(F)(F)F)c1)N[C@H]1C[C@H]2C(=O)N[C@@H](Cc3ccc(O)cc3)C(=O)N2C1. The lowest BCUT2D eigenvalue weighted by atomic mass is 10.0.